The maximum atomic E-state index is 6.14. The molecule has 0 spiro atoms. The smallest absolute Gasteiger partial charge is 0.143 e. The van der Waals surface area contributed by atoms with Crippen LogP contribution in [0.5, 0.6) is 11.5 Å². The number of rotatable bonds is 4. The van der Waals surface area contributed by atoms with Gasteiger partial charge in [-0.15, -0.1) is 0 Å². The Hall–Kier alpha value is -1.13. The van der Waals surface area contributed by atoms with Crippen LogP contribution < -0.4 is 19.7 Å². The van der Waals surface area contributed by atoms with E-state index in [1.165, 1.54) is 12.8 Å². The van der Waals surface area contributed by atoms with E-state index in [1.807, 2.05) is 19.2 Å². The van der Waals surface area contributed by atoms with Gasteiger partial charge >= 0.3 is 0 Å². The second-order valence-electron chi connectivity index (χ2n) is 4.73. The third kappa shape index (κ3) is 3.07. The zero-order valence-corrected chi connectivity index (χ0v) is 12.5. The van der Waals surface area contributed by atoms with Crippen LogP contribution in [0.15, 0.2) is 12.1 Å². The first-order valence-corrected chi connectivity index (χ1v) is 6.91. The van der Waals surface area contributed by atoms with E-state index in [0.717, 1.165) is 24.5 Å². The molecule has 1 saturated heterocycles. The van der Waals surface area contributed by atoms with Crippen molar-refractivity contribution in [3.8, 4) is 11.5 Å². The van der Waals surface area contributed by atoms with Crippen LogP contribution in [-0.2, 0) is 0 Å². The van der Waals surface area contributed by atoms with Gasteiger partial charge in [0.2, 0.25) is 0 Å². The number of piperidine rings is 1. The van der Waals surface area contributed by atoms with Gasteiger partial charge in [-0.25, -0.2) is 0 Å². The average molecular weight is 285 g/mol. The summed E-state index contributed by atoms with van der Waals surface area (Å²) in [4.78, 5) is 2.32. The lowest BCUT2D eigenvalue weighted by Crippen LogP contribution is -2.44. The summed E-state index contributed by atoms with van der Waals surface area (Å²) in [5, 5.41) is 3.92. The van der Waals surface area contributed by atoms with Crippen LogP contribution in [0.25, 0.3) is 0 Å². The summed E-state index contributed by atoms with van der Waals surface area (Å²) in [7, 11) is 5.30. The van der Waals surface area contributed by atoms with E-state index in [2.05, 4.69) is 10.2 Å². The highest BCUT2D eigenvalue weighted by Gasteiger charge is 2.22. The maximum absolute atomic E-state index is 6.14. The first-order valence-electron chi connectivity index (χ1n) is 6.53. The molecule has 0 saturated carbocycles. The molecule has 0 amide bonds. The summed E-state index contributed by atoms with van der Waals surface area (Å²) in [5.41, 5.74) is 1.05. The van der Waals surface area contributed by atoms with E-state index >= 15 is 0 Å². The van der Waals surface area contributed by atoms with Gasteiger partial charge in [0, 0.05) is 31.3 Å². The SMILES string of the molecule is CNC1CCCN(c2cc(OC)c(Cl)cc2OC)C1. The Bertz CT molecular complexity index is 440. The van der Waals surface area contributed by atoms with Crippen molar-refractivity contribution in [2.24, 2.45) is 0 Å². The number of hydrogen-bond donors (Lipinski definition) is 1. The maximum Gasteiger partial charge on any atom is 0.143 e. The summed E-state index contributed by atoms with van der Waals surface area (Å²) < 4.78 is 10.7. The summed E-state index contributed by atoms with van der Waals surface area (Å²) in [6.07, 6.45) is 2.37. The van der Waals surface area contributed by atoms with Crippen LogP contribution in [0.3, 0.4) is 0 Å². The zero-order chi connectivity index (χ0) is 13.8. The topological polar surface area (TPSA) is 33.7 Å². The van der Waals surface area contributed by atoms with E-state index in [4.69, 9.17) is 21.1 Å². The van der Waals surface area contributed by atoms with Gasteiger partial charge in [-0.2, -0.15) is 0 Å². The molecule has 1 aromatic rings. The third-order valence-corrected chi connectivity index (χ3v) is 3.92. The van der Waals surface area contributed by atoms with Crippen LogP contribution in [0.2, 0.25) is 5.02 Å². The summed E-state index contributed by atoms with van der Waals surface area (Å²) in [6.45, 7) is 2.00. The number of nitrogens with zero attached hydrogens (tertiary/aromatic N) is 1. The van der Waals surface area contributed by atoms with Gasteiger partial charge in [0.1, 0.15) is 11.5 Å². The molecule has 1 aliphatic heterocycles. The molecule has 0 bridgehead atoms. The molecular formula is C14H21ClN2O2. The minimum Gasteiger partial charge on any atom is -0.495 e. The molecule has 0 aromatic heterocycles. The van der Waals surface area contributed by atoms with Crippen molar-refractivity contribution in [2.45, 2.75) is 18.9 Å². The van der Waals surface area contributed by atoms with Crippen LogP contribution in [0.1, 0.15) is 12.8 Å². The Morgan fingerprint density at radius 3 is 2.63 bits per heavy atom. The van der Waals surface area contributed by atoms with E-state index in [1.54, 1.807) is 14.2 Å². The number of likely N-dealkylation sites (N-methyl/N-ethyl adjacent to an activating group) is 1. The molecule has 1 unspecified atom stereocenters. The van der Waals surface area contributed by atoms with Crippen LogP contribution in [-0.4, -0.2) is 40.4 Å². The van der Waals surface area contributed by atoms with Gasteiger partial charge in [0.05, 0.1) is 24.9 Å². The minimum absolute atomic E-state index is 0.514. The molecule has 19 heavy (non-hydrogen) atoms. The zero-order valence-electron chi connectivity index (χ0n) is 11.7. The first kappa shape index (κ1) is 14.3. The Morgan fingerprint density at radius 1 is 1.26 bits per heavy atom. The number of hydrogen-bond acceptors (Lipinski definition) is 4. The van der Waals surface area contributed by atoms with Crippen LogP contribution in [0, 0.1) is 0 Å². The van der Waals surface area contributed by atoms with Crippen molar-refractivity contribution in [2.75, 3.05) is 39.3 Å². The summed E-state index contributed by atoms with van der Waals surface area (Å²) in [5.74, 6) is 1.48. The molecule has 1 aromatic carbocycles. The second kappa shape index (κ2) is 6.35. The molecule has 1 aliphatic rings. The van der Waals surface area contributed by atoms with E-state index < -0.39 is 0 Å². The van der Waals surface area contributed by atoms with Crippen molar-refractivity contribution in [3.63, 3.8) is 0 Å². The summed E-state index contributed by atoms with van der Waals surface area (Å²) in [6, 6.07) is 4.29. The van der Waals surface area contributed by atoms with Crippen molar-refractivity contribution in [1.82, 2.24) is 5.32 Å². The predicted octanol–water partition coefficient (Wildman–Crippen LogP) is 2.55. The van der Waals surface area contributed by atoms with Crippen LogP contribution in [0.4, 0.5) is 5.69 Å². The fourth-order valence-corrected chi connectivity index (χ4v) is 2.75. The molecule has 1 fully saturated rings. The van der Waals surface area contributed by atoms with E-state index in [0.29, 0.717) is 16.8 Å². The van der Waals surface area contributed by atoms with Gasteiger partial charge in [-0.05, 0) is 19.9 Å². The van der Waals surface area contributed by atoms with Gasteiger partial charge in [-0.1, -0.05) is 11.6 Å². The van der Waals surface area contributed by atoms with E-state index in [9.17, 15) is 0 Å². The van der Waals surface area contributed by atoms with E-state index in [-0.39, 0.29) is 0 Å². The molecular weight excluding hydrogens is 264 g/mol. The lowest BCUT2D eigenvalue weighted by atomic mass is 10.0. The monoisotopic (exact) mass is 284 g/mol. The highest BCUT2D eigenvalue weighted by atomic mass is 35.5. The normalized spacial score (nSPS) is 19.4. The van der Waals surface area contributed by atoms with Crippen LogP contribution >= 0.6 is 11.6 Å². The van der Waals surface area contributed by atoms with Crippen molar-refractivity contribution >= 4 is 17.3 Å². The highest BCUT2D eigenvalue weighted by molar-refractivity contribution is 6.32. The molecule has 5 heteroatoms. The molecule has 106 valence electrons. The number of methoxy groups -OCH3 is 2. The molecule has 1 heterocycles. The molecule has 2 rings (SSSR count). The first-order chi connectivity index (χ1) is 9.19. The number of anilines is 1. The molecule has 1 N–H and O–H groups in total. The molecule has 4 nitrogen and oxygen atoms in total. The lowest BCUT2D eigenvalue weighted by molar-refractivity contribution is 0.397. The van der Waals surface area contributed by atoms with Crippen molar-refractivity contribution in [1.29, 1.82) is 0 Å². The summed E-state index contributed by atoms with van der Waals surface area (Å²) >= 11 is 6.14. The number of benzene rings is 1. The molecule has 1 atom stereocenters. The van der Waals surface area contributed by atoms with Gasteiger partial charge in [-0.3, -0.25) is 0 Å². The fourth-order valence-electron chi connectivity index (χ4n) is 2.52. The highest BCUT2D eigenvalue weighted by Crippen LogP contribution is 2.38. The number of halogens is 1. The third-order valence-electron chi connectivity index (χ3n) is 3.62. The molecule has 0 aliphatic carbocycles. The molecule has 0 radical (unpaired) electrons. The Balaban J connectivity index is 2.31. The Labute approximate surface area is 119 Å². The Kier molecular flexibility index (Phi) is 4.77. The standard InChI is InChI=1S/C14H21ClN2O2/c1-16-10-5-4-6-17(9-10)12-8-13(18-2)11(15)7-14(12)19-3/h7-8,10,16H,4-6,9H2,1-3H3. The largest absolute Gasteiger partial charge is 0.495 e. The average Bonchev–Trinajstić information content (AvgIpc) is 2.46. The quantitative estimate of drug-likeness (QED) is 0.921. The minimum atomic E-state index is 0.514. The van der Waals surface area contributed by atoms with Crippen molar-refractivity contribution in [3.05, 3.63) is 17.2 Å². The van der Waals surface area contributed by atoms with Gasteiger partial charge in [0.25, 0.3) is 0 Å². The second-order valence-corrected chi connectivity index (χ2v) is 5.14. The predicted molar refractivity (Wildman–Crippen MR) is 78.9 cm³/mol. The number of ether oxygens (including phenoxy) is 2. The number of nitrogens with one attached hydrogen (secondary N) is 1. The van der Waals surface area contributed by atoms with Crippen molar-refractivity contribution < 1.29 is 9.47 Å². The Morgan fingerprint density at radius 2 is 2.00 bits per heavy atom. The fraction of sp³-hybridized carbons (Fsp3) is 0.571. The van der Waals surface area contributed by atoms with Gasteiger partial charge < -0.3 is 19.7 Å². The van der Waals surface area contributed by atoms with Gasteiger partial charge in [0.15, 0.2) is 0 Å². The lowest BCUT2D eigenvalue weighted by Gasteiger charge is -2.35.